The first-order valence-corrected chi connectivity index (χ1v) is 4.70. The summed E-state index contributed by atoms with van der Waals surface area (Å²) in [5, 5.41) is 0. The summed E-state index contributed by atoms with van der Waals surface area (Å²) in [6.07, 6.45) is 5.47. The van der Waals surface area contributed by atoms with Crippen LogP contribution in [-0.4, -0.2) is 12.2 Å². The molecule has 1 aromatic rings. The Morgan fingerprint density at radius 3 is 2.27 bits per heavy atom. The van der Waals surface area contributed by atoms with E-state index in [0.717, 1.165) is 6.42 Å². The Hall–Kier alpha value is -1.07. The summed E-state index contributed by atoms with van der Waals surface area (Å²) in [6.45, 7) is 2.20. The van der Waals surface area contributed by atoms with Crippen LogP contribution in [0.2, 0.25) is 0 Å². The summed E-state index contributed by atoms with van der Waals surface area (Å²) in [4.78, 5) is 4.22. The highest BCUT2D eigenvalue weighted by molar-refractivity contribution is 6.50. The minimum Gasteiger partial charge on any atom is -0.418 e. The lowest BCUT2D eigenvalue weighted by Gasteiger charge is -1.95. The van der Waals surface area contributed by atoms with E-state index in [0.29, 0.717) is 0 Å². The first-order valence-electron chi connectivity index (χ1n) is 4.70. The zero-order chi connectivity index (χ0) is 11.7. The van der Waals surface area contributed by atoms with Gasteiger partial charge >= 0.3 is 8.68 Å². The average Bonchev–Trinajstić information content (AvgIpc) is 2.14. The van der Waals surface area contributed by atoms with Gasteiger partial charge in [0.25, 0.3) is 0 Å². The largest absolute Gasteiger partial charge is 1.00 e. The molecule has 0 aliphatic heterocycles. The third-order valence-corrected chi connectivity index (χ3v) is 1.51. The molecule has 0 N–H and O–H groups in total. The van der Waals surface area contributed by atoms with Gasteiger partial charge in [0.15, 0.2) is 0 Å². The molecule has 1 heterocycles. The van der Waals surface area contributed by atoms with E-state index in [1.54, 1.807) is 0 Å². The van der Waals surface area contributed by atoms with Gasteiger partial charge in [0, 0.05) is 11.9 Å². The highest BCUT2D eigenvalue weighted by Gasteiger charge is 2.20. The third-order valence-electron chi connectivity index (χ3n) is 1.51. The van der Waals surface area contributed by atoms with E-state index in [2.05, 4.69) is 18.0 Å². The smallest absolute Gasteiger partial charge is 0.418 e. The second kappa shape index (κ2) is 7.26. The lowest BCUT2D eigenvalue weighted by atomic mass is 10.2. The Morgan fingerprint density at radius 1 is 1.27 bits per heavy atom. The van der Waals surface area contributed by atoms with Crippen molar-refractivity contribution in [3.05, 3.63) is 30.1 Å². The number of unbranched alkanes of at least 4 members (excludes halogenated alkanes) is 1. The molecule has 0 aliphatic rings. The Balaban J connectivity index is 0. The first-order chi connectivity index (χ1) is 6.93. The Kier molecular flexibility index (Phi) is 6.74. The first kappa shape index (κ1) is 13.9. The van der Waals surface area contributed by atoms with Crippen molar-refractivity contribution in [2.75, 3.05) is 0 Å². The molecule has 86 valence electrons. The van der Waals surface area contributed by atoms with E-state index in [4.69, 9.17) is 0 Å². The van der Waals surface area contributed by atoms with Gasteiger partial charge in [-0.05, 0) is 25.0 Å². The standard InChI is InChI=1S/C9H13N.BF4/c1-2-3-6-9-7-4-5-8-10-9;2-1(3,4)5/h4-5,7-8H,2-3,6H2,1H3;/q;-1/p+1. The highest BCUT2D eigenvalue weighted by atomic mass is 19.5. The number of rotatable bonds is 3. The van der Waals surface area contributed by atoms with E-state index < -0.39 is 7.25 Å². The number of hydrogen-bond acceptors (Lipinski definition) is 1. The van der Waals surface area contributed by atoms with Crippen molar-refractivity contribution in [1.29, 1.82) is 0 Å². The zero-order valence-electron chi connectivity index (χ0n) is 9.47. The van der Waals surface area contributed by atoms with Crippen LogP contribution < -0.4 is 0 Å². The molecule has 1 rings (SSSR count). The van der Waals surface area contributed by atoms with Gasteiger partial charge in [0.1, 0.15) is 0 Å². The molecule has 0 radical (unpaired) electrons. The Labute approximate surface area is 88.1 Å². The quantitative estimate of drug-likeness (QED) is 0.560. The summed E-state index contributed by atoms with van der Waals surface area (Å²) >= 11 is 0. The molecule has 0 bridgehead atoms. The molecule has 0 saturated heterocycles. The molecule has 6 heteroatoms. The second-order valence-electron chi connectivity index (χ2n) is 2.92. The summed E-state index contributed by atoms with van der Waals surface area (Å²) < 4.78 is 39.0. The maximum absolute atomic E-state index is 9.75. The molecule has 0 spiro atoms. The van der Waals surface area contributed by atoms with Crippen LogP contribution in [-0.2, 0) is 6.42 Å². The number of hydrogen-bond donors (Lipinski definition) is 0. The van der Waals surface area contributed by atoms with Crippen LogP contribution >= 0.6 is 0 Å². The minimum atomic E-state index is -6.00. The predicted molar refractivity (Wildman–Crippen MR) is 54.1 cm³/mol. The molecular weight excluding hydrogens is 209 g/mol. The number of halogens is 4. The fourth-order valence-corrected chi connectivity index (χ4v) is 0.904. The van der Waals surface area contributed by atoms with Gasteiger partial charge < -0.3 is 17.3 Å². The molecule has 0 saturated carbocycles. The van der Waals surface area contributed by atoms with Crippen molar-refractivity contribution in [1.82, 2.24) is 4.98 Å². The fraction of sp³-hybridized carbons (Fsp3) is 0.444. The normalized spacial score (nSPS) is 10.5. The molecule has 0 aromatic carbocycles. The lowest BCUT2D eigenvalue weighted by molar-refractivity contribution is 0.368. The number of nitrogens with zero attached hydrogens (tertiary/aromatic N) is 1. The summed E-state index contributed by atoms with van der Waals surface area (Å²) in [7, 11) is -6.00. The van der Waals surface area contributed by atoms with E-state index in [9.17, 15) is 17.3 Å². The topological polar surface area (TPSA) is 12.9 Å². The second-order valence-corrected chi connectivity index (χ2v) is 2.92. The SMILES string of the molecule is CCCCc1ccccn1.F[B-](F)(F)F.[H+]. The van der Waals surface area contributed by atoms with Gasteiger partial charge in [-0.15, -0.1) is 0 Å². The number of aryl methyl sites for hydroxylation is 1. The molecule has 0 aliphatic carbocycles. The minimum absolute atomic E-state index is 0. The molecule has 15 heavy (non-hydrogen) atoms. The summed E-state index contributed by atoms with van der Waals surface area (Å²) in [6, 6.07) is 6.07. The van der Waals surface area contributed by atoms with Crippen LogP contribution in [0.1, 0.15) is 26.9 Å². The molecule has 0 atom stereocenters. The molecule has 1 aromatic heterocycles. The zero-order valence-corrected chi connectivity index (χ0v) is 8.47. The van der Waals surface area contributed by atoms with Gasteiger partial charge in [-0.3, -0.25) is 4.98 Å². The predicted octanol–water partition coefficient (Wildman–Crippen LogP) is 3.84. The Bertz CT molecular complexity index is 249. The fourth-order valence-electron chi connectivity index (χ4n) is 0.904. The molecule has 0 fully saturated rings. The van der Waals surface area contributed by atoms with Crippen LogP contribution in [0.3, 0.4) is 0 Å². The average molecular weight is 223 g/mol. The van der Waals surface area contributed by atoms with Crippen LogP contribution in [0.4, 0.5) is 17.3 Å². The van der Waals surface area contributed by atoms with Gasteiger partial charge in [-0.2, -0.15) is 0 Å². The molecule has 0 unspecified atom stereocenters. The van der Waals surface area contributed by atoms with Crippen molar-refractivity contribution < 1.29 is 18.7 Å². The van der Waals surface area contributed by atoms with Gasteiger partial charge in [0.2, 0.25) is 0 Å². The van der Waals surface area contributed by atoms with Crippen LogP contribution in [0.5, 0.6) is 0 Å². The van der Waals surface area contributed by atoms with Crippen molar-refractivity contribution in [3.8, 4) is 0 Å². The van der Waals surface area contributed by atoms with E-state index in [1.807, 2.05) is 18.3 Å². The number of aromatic nitrogens is 1. The van der Waals surface area contributed by atoms with E-state index in [1.165, 1.54) is 18.5 Å². The summed E-state index contributed by atoms with van der Waals surface area (Å²) in [5.41, 5.74) is 1.21. The van der Waals surface area contributed by atoms with Crippen LogP contribution in [0.25, 0.3) is 0 Å². The maximum Gasteiger partial charge on any atom is 1.00 e. The van der Waals surface area contributed by atoms with Crippen molar-refractivity contribution in [2.45, 2.75) is 26.2 Å². The molecular formula is C9H14BF4N. The maximum atomic E-state index is 9.75. The van der Waals surface area contributed by atoms with E-state index >= 15 is 0 Å². The van der Waals surface area contributed by atoms with E-state index in [-0.39, 0.29) is 1.43 Å². The van der Waals surface area contributed by atoms with Crippen molar-refractivity contribution in [2.24, 2.45) is 0 Å². The molecule has 1 nitrogen and oxygen atoms in total. The van der Waals surface area contributed by atoms with Gasteiger partial charge in [0.05, 0.1) is 0 Å². The van der Waals surface area contributed by atoms with Crippen molar-refractivity contribution >= 4 is 7.25 Å². The highest BCUT2D eigenvalue weighted by Crippen LogP contribution is 2.06. The molecule has 0 amide bonds. The van der Waals surface area contributed by atoms with Gasteiger partial charge in [-0.1, -0.05) is 19.4 Å². The Morgan fingerprint density at radius 2 is 1.87 bits per heavy atom. The third kappa shape index (κ3) is 12.9. The monoisotopic (exact) mass is 223 g/mol. The summed E-state index contributed by atoms with van der Waals surface area (Å²) in [5.74, 6) is 0. The van der Waals surface area contributed by atoms with Crippen molar-refractivity contribution in [3.63, 3.8) is 0 Å². The van der Waals surface area contributed by atoms with Crippen LogP contribution in [0.15, 0.2) is 24.4 Å². The number of pyridine rings is 1. The van der Waals surface area contributed by atoms with Crippen LogP contribution in [0, 0.1) is 0 Å². The van der Waals surface area contributed by atoms with Gasteiger partial charge in [-0.25, -0.2) is 0 Å². The lowest BCUT2D eigenvalue weighted by Crippen LogP contribution is -2.02.